The fourth-order valence-corrected chi connectivity index (χ4v) is 3.98. The molecule has 0 fully saturated rings. The number of para-hydroxylation sites is 2. The molecule has 4 aromatic rings. The van der Waals surface area contributed by atoms with Crippen molar-refractivity contribution in [3.05, 3.63) is 72.1 Å². The molecule has 4 rings (SSSR count). The molecule has 2 N–H and O–H groups in total. The largest absolute Gasteiger partial charge is 0.350 e. The van der Waals surface area contributed by atoms with Gasteiger partial charge in [-0.1, -0.05) is 36.4 Å². The summed E-state index contributed by atoms with van der Waals surface area (Å²) in [6.45, 7) is 3.35. The second-order valence-electron chi connectivity index (χ2n) is 7.06. The van der Waals surface area contributed by atoms with Gasteiger partial charge < -0.3 is 14.9 Å². The molecule has 0 atom stereocenters. The van der Waals surface area contributed by atoms with Gasteiger partial charge in [0.1, 0.15) is 0 Å². The number of fused-ring (bicyclic) bond motifs is 2. The molecule has 0 unspecified atom stereocenters. The van der Waals surface area contributed by atoms with Crippen LogP contribution in [0.15, 0.2) is 60.9 Å². The van der Waals surface area contributed by atoms with Crippen molar-refractivity contribution in [2.75, 3.05) is 13.1 Å². The first-order valence-corrected chi connectivity index (χ1v) is 9.15. The van der Waals surface area contributed by atoms with Crippen LogP contribution in [0.3, 0.4) is 0 Å². The average Bonchev–Trinajstić information content (AvgIpc) is 3.14. The first kappa shape index (κ1) is 16.9. The molecular formula is C22H26N4. The van der Waals surface area contributed by atoms with Crippen LogP contribution in [0.4, 0.5) is 0 Å². The van der Waals surface area contributed by atoms with E-state index in [1.807, 2.05) is 0 Å². The topological polar surface area (TPSA) is 39.1 Å². The van der Waals surface area contributed by atoms with Crippen LogP contribution >= 0.6 is 0 Å². The van der Waals surface area contributed by atoms with Crippen LogP contribution < -0.4 is 5.73 Å². The molecule has 0 aliphatic heterocycles. The Morgan fingerprint density at radius 1 is 0.769 bits per heavy atom. The standard InChI is InChI=1S/C22H26N4/c1-24-13-17(19-7-3-5-9-21(19)24)15-26(12-11-23)16-18-14-25(2)22-10-6-4-8-20(18)22/h3-10,13-14H,11-12,15-16,23H2,1-2H3. The molecule has 0 aliphatic rings. The molecule has 4 heteroatoms. The molecule has 2 aromatic heterocycles. The molecule has 0 amide bonds. The number of nitrogens with zero attached hydrogens (tertiary/aromatic N) is 3. The number of hydrogen-bond donors (Lipinski definition) is 1. The zero-order chi connectivity index (χ0) is 18.1. The van der Waals surface area contributed by atoms with E-state index < -0.39 is 0 Å². The van der Waals surface area contributed by atoms with Crippen molar-refractivity contribution < 1.29 is 0 Å². The normalized spacial score (nSPS) is 11.8. The number of rotatable bonds is 6. The fourth-order valence-electron chi connectivity index (χ4n) is 3.98. The lowest BCUT2D eigenvalue weighted by atomic mass is 10.1. The van der Waals surface area contributed by atoms with Crippen molar-refractivity contribution in [1.29, 1.82) is 0 Å². The lowest BCUT2D eigenvalue weighted by Crippen LogP contribution is -2.28. The Balaban J connectivity index is 1.65. The third kappa shape index (κ3) is 3.02. The van der Waals surface area contributed by atoms with Gasteiger partial charge in [0.25, 0.3) is 0 Å². The zero-order valence-corrected chi connectivity index (χ0v) is 15.5. The Morgan fingerprint density at radius 2 is 1.23 bits per heavy atom. The summed E-state index contributed by atoms with van der Waals surface area (Å²) in [6, 6.07) is 17.2. The first-order valence-electron chi connectivity index (χ1n) is 9.15. The van der Waals surface area contributed by atoms with E-state index in [9.17, 15) is 0 Å². The summed E-state index contributed by atoms with van der Waals surface area (Å²) in [5.74, 6) is 0. The van der Waals surface area contributed by atoms with Gasteiger partial charge in [0.15, 0.2) is 0 Å². The summed E-state index contributed by atoms with van der Waals surface area (Å²) in [5.41, 5.74) is 11.2. The number of nitrogens with two attached hydrogens (primary N) is 1. The number of hydrogen-bond acceptors (Lipinski definition) is 2. The lowest BCUT2D eigenvalue weighted by molar-refractivity contribution is 0.266. The summed E-state index contributed by atoms with van der Waals surface area (Å²) in [5, 5.41) is 2.66. The highest BCUT2D eigenvalue weighted by Crippen LogP contribution is 2.25. The predicted molar refractivity (Wildman–Crippen MR) is 109 cm³/mol. The van der Waals surface area contributed by atoms with Crippen molar-refractivity contribution in [2.45, 2.75) is 13.1 Å². The number of aryl methyl sites for hydroxylation is 2. The molecule has 4 nitrogen and oxygen atoms in total. The monoisotopic (exact) mass is 346 g/mol. The minimum absolute atomic E-state index is 0.662. The van der Waals surface area contributed by atoms with E-state index in [1.54, 1.807) is 0 Å². The van der Waals surface area contributed by atoms with E-state index in [4.69, 9.17) is 5.73 Å². The van der Waals surface area contributed by atoms with E-state index in [0.29, 0.717) is 6.54 Å². The minimum Gasteiger partial charge on any atom is -0.350 e. The van der Waals surface area contributed by atoms with Gasteiger partial charge in [0, 0.05) is 74.5 Å². The van der Waals surface area contributed by atoms with Gasteiger partial charge in [-0.2, -0.15) is 0 Å². The Bertz CT molecular complexity index is 959. The Hall–Kier alpha value is -2.56. The fraction of sp³-hybridized carbons (Fsp3) is 0.273. The SMILES string of the molecule is Cn1cc(CN(CCN)Cc2cn(C)c3ccccc23)c2ccccc21. The third-order valence-electron chi connectivity index (χ3n) is 5.19. The van der Waals surface area contributed by atoms with Crippen LogP contribution in [0.5, 0.6) is 0 Å². The highest BCUT2D eigenvalue weighted by atomic mass is 15.1. The van der Waals surface area contributed by atoms with Crippen LogP contribution in [-0.4, -0.2) is 27.1 Å². The maximum atomic E-state index is 5.92. The van der Waals surface area contributed by atoms with Gasteiger partial charge in [0.05, 0.1) is 0 Å². The number of aromatic nitrogens is 2. The van der Waals surface area contributed by atoms with Crippen molar-refractivity contribution in [1.82, 2.24) is 14.0 Å². The smallest absolute Gasteiger partial charge is 0.0481 e. The highest BCUT2D eigenvalue weighted by molar-refractivity contribution is 5.84. The van der Waals surface area contributed by atoms with E-state index in [-0.39, 0.29) is 0 Å². The third-order valence-corrected chi connectivity index (χ3v) is 5.19. The van der Waals surface area contributed by atoms with Gasteiger partial charge in [-0.25, -0.2) is 0 Å². The summed E-state index contributed by atoms with van der Waals surface area (Å²) in [4.78, 5) is 2.45. The minimum atomic E-state index is 0.662. The van der Waals surface area contributed by atoms with E-state index in [1.165, 1.54) is 32.9 Å². The molecule has 2 heterocycles. The average molecular weight is 346 g/mol. The quantitative estimate of drug-likeness (QED) is 0.579. The van der Waals surface area contributed by atoms with E-state index >= 15 is 0 Å². The molecule has 134 valence electrons. The molecule has 0 saturated heterocycles. The Morgan fingerprint density at radius 3 is 1.69 bits per heavy atom. The maximum absolute atomic E-state index is 5.92. The molecule has 26 heavy (non-hydrogen) atoms. The molecule has 2 aromatic carbocycles. The van der Waals surface area contributed by atoms with E-state index in [0.717, 1.165) is 19.6 Å². The first-order chi connectivity index (χ1) is 12.7. The molecule has 0 saturated carbocycles. The van der Waals surface area contributed by atoms with E-state index in [2.05, 4.69) is 89.1 Å². The Kier molecular flexibility index (Phi) is 4.53. The van der Waals surface area contributed by atoms with Gasteiger partial charge in [-0.05, 0) is 23.3 Å². The highest BCUT2D eigenvalue weighted by Gasteiger charge is 2.14. The van der Waals surface area contributed by atoms with Gasteiger partial charge in [-0.3, -0.25) is 4.90 Å². The van der Waals surface area contributed by atoms with Crippen LogP contribution in [0.1, 0.15) is 11.1 Å². The predicted octanol–water partition coefficient (Wildman–Crippen LogP) is 3.63. The van der Waals surface area contributed by atoms with Gasteiger partial charge >= 0.3 is 0 Å². The summed E-state index contributed by atoms with van der Waals surface area (Å²) >= 11 is 0. The van der Waals surface area contributed by atoms with Crippen molar-refractivity contribution in [2.24, 2.45) is 19.8 Å². The zero-order valence-electron chi connectivity index (χ0n) is 15.5. The van der Waals surface area contributed by atoms with Crippen LogP contribution in [-0.2, 0) is 27.2 Å². The van der Waals surface area contributed by atoms with Crippen molar-refractivity contribution >= 4 is 21.8 Å². The molecule has 0 spiro atoms. The summed E-state index contributed by atoms with van der Waals surface area (Å²) in [7, 11) is 4.23. The molecular weight excluding hydrogens is 320 g/mol. The van der Waals surface area contributed by atoms with Crippen molar-refractivity contribution in [3.63, 3.8) is 0 Å². The number of benzene rings is 2. The van der Waals surface area contributed by atoms with Crippen molar-refractivity contribution in [3.8, 4) is 0 Å². The van der Waals surface area contributed by atoms with Crippen LogP contribution in [0, 0.1) is 0 Å². The van der Waals surface area contributed by atoms with Crippen LogP contribution in [0.2, 0.25) is 0 Å². The molecule has 0 bridgehead atoms. The maximum Gasteiger partial charge on any atom is 0.0481 e. The van der Waals surface area contributed by atoms with Gasteiger partial charge in [0.2, 0.25) is 0 Å². The van der Waals surface area contributed by atoms with Gasteiger partial charge in [-0.15, -0.1) is 0 Å². The second-order valence-corrected chi connectivity index (χ2v) is 7.06. The van der Waals surface area contributed by atoms with Crippen LogP contribution in [0.25, 0.3) is 21.8 Å². The Labute approximate surface area is 154 Å². The lowest BCUT2D eigenvalue weighted by Gasteiger charge is -2.21. The second kappa shape index (κ2) is 6.98. The molecule has 0 radical (unpaired) electrons. The molecule has 0 aliphatic carbocycles. The summed E-state index contributed by atoms with van der Waals surface area (Å²) < 4.78 is 4.42. The summed E-state index contributed by atoms with van der Waals surface area (Å²) in [6.07, 6.45) is 4.49.